The van der Waals surface area contributed by atoms with Crippen LogP contribution in [0.2, 0.25) is 0 Å². The van der Waals surface area contributed by atoms with Crippen LogP contribution in [-0.2, 0) is 15.6 Å². The monoisotopic (exact) mass is 274 g/mol. The first-order chi connectivity index (χ1) is 8.52. The fourth-order valence-electron chi connectivity index (χ4n) is 2.49. The molecule has 0 heterocycles. The zero-order chi connectivity index (χ0) is 13.6. The Kier molecular flexibility index (Phi) is 6.29. The topological polar surface area (TPSA) is 72.2 Å². The SMILES string of the molecule is CC(CCNC(=O)C1(CN)CCCCC1)S(C)=O. The van der Waals surface area contributed by atoms with Crippen LogP contribution in [0.4, 0.5) is 0 Å². The summed E-state index contributed by atoms with van der Waals surface area (Å²) in [6, 6.07) is 0. The molecule has 1 saturated carbocycles. The number of rotatable bonds is 6. The van der Waals surface area contributed by atoms with Crippen molar-refractivity contribution >= 4 is 16.7 Å². The highest BCUT2D eigenvalue weighted by molar-refractivity contribution is 7.84. The molecule has 2 atom stereocenters. The molecule has 0 radical (unpaired) electrons. The minimum Gasteiger partial charge on any atom is -0.356 e. The predicted molar refractivity (Wildman–Crippen MR) is 75.7 cm³/mol. The highest BCUT2D eigenvalue weighted by Gasteiger charge is 2.37. The Labute approximate surface area is 113 Å². The first-order valence-electron chi connectivity index (χ1n) is 6.82. The number of amides is 1. The minimum absolute atomic E-state index is 0.0961. The Bertz CT molecular complexity index is 301. The lowest BCUT2D eigenvalue weighted by Gasteiger charge is -2.34. The molecule has 0 aromatic heterocycles. The quantitative estimate of drug-likeness (QED) is 0.763. The summed E-state index contributed by atoms with van der Waals surface area (Å²) in [5.74, 6) is 0.0961. The van der Waals surface area contributed by atoms with Crippen LogP contribution in [0.3, 0.4) is 0 Å². The van der Waals surface area contributed by atoms with Crippen LogP contribution < -0.4 is 11.1 Å². The lowest BCUT2D eigenvalue weighted by atomic mass is 9.73. The highest BCUT2D eigenvalue weighted by Crippen LogP contribution is 2.35. The standard InChI is InChI=1S/C13H26N2O2S/c1-11(18(2)17)6-9-15-12(16)13(10-14)7-4-3-5-8-13/h11H,3-10,14H2,1-2H3,(H,15,16). The second-order valence-corrected chi connectivity index (χ2v) is 7.20. The Morgan fingerprint density at radius 3 is 2.50 bits per heavy atom. The molecule has 0 aromatic carbocycles. The van der Waals surface area contributed by atoms with Gasteiger partial charge in [-0.05, 0) is 19.3 Å². The summed E-state index contributed by atoms with van der Waals surface area (Å²) in [5.41, 5.74) is 5.47. The summed E-state index contributed by atoms with van der Waals surface area (Å²) in [6.45, 7) is 2.98. The Hall–Kier alpha value is -0.420. The molecule has 3 N–H and O–H groups in total. The summed E-state index contributed by atoms with van der Waals surface area (Å²) < 4.78 is 11.2. The van der Waals surface area contributed by atoms with E-state index in [0.717, 1.165) is 32.1 Å². The molecule has 1 fully saturated rings. The lowest BCUT2D eigenvalue weighted by Crippen LogP contribution is -2.47. The summed E-state index contributed by atoms with van der Waals surface area (Å²) >= 11 is 0. The van der Waals surface area contributed by atoms with E-state index in [0.29, 0.717) is 13.1 Å². The van der Waals surface area contributed by atoms with Crippen LogP contribution in [0, 0.1) is 5.41 Å². The zero-order valence-corrected chi connectivity index (χ0v) is 12.4. The largest absolute Gasteiger partial charge is 0.356 e. The van der Waals surface area contributed by atoms with Gasteiger partial charge in [0, 0.05) is 35.4 Å². The third-order valence-corrected chi connectivity index (χ3v) is 5.46. The zero-order valence-electron chi connectivity index (χ0n) is 11.5. The van der Waals surface area contributed by atoms with Gasteiger partial charge in [0.25, 0.3) is 0 Å². The van der Waals surface area contributed by atoms with Gasteiger partial charge in [-0.1, -0.05) is 26.2 Å². The average Bonchev–Trinajstić information content (AvgIpc) is 2.39. The van der Waals surface area contributed by atoms with Crippen molar-refractivity contribution < 1.29 is 9.00 Å². The van der Waals surface area contributed by atoms with Gasteiger partial charge >= 0.3 is 0 Å². The molecule has 4 nitrogen and oxygen atoms in total. The molecule has 5 heteroatoms. The van der Waals surface area contributed by atoms with Crippen LogP contribution in [0.5, 0.6) is 0 Å². The number of hydrogen-bond acceptors (Lipinski definition) is 3. The maximum absolute atomic E-state index is 12.2. The first kappa shape index (κ1) is 15.6. The third kappa shape index (κ3) is 4.05. The molecule has 2 unspecified atom stereocenters. The van der Waals surface area contributed by atoms with Gasteiger partial charge in [0.1, 0.15) is 0 Å². The number of carbonyl (C=O) groups excluding carboxylic acids is 1. The smallest absolute Gasteiger partial charge is 0.227 e. The molecular weight excluding hydrogens is 248 g/mol. The van der Waals surface area contributed by atoms with Gasteiger partial charge in [0.15, 0.2) is 0 Å². The summed E-state index contributed by atoms with van der Waals surface area (Å²) in [6.07, 6.45) is 7.68. The van der Waals surface area contributed by atoms with E-state index in [9.17, 15) is 9.00 Å². The molecule has 18 heavy (non-hydrogen) atoms. The second kappa shape index (κ2) is 7.24. The van der Waals surface area contributed by atoms with Crippen molar-refractivity contribution in [3.05, 3.63) is 0 Å². The van der Waals surface area contributed by atoms with E-state index in [1.54, 1.807) is 6.26 Å². The Morgan fingerprint density at radius 2 is 2.00 bits per heavy atom. The maximum atomic E-state index is 12.2. The molecule has 0 saturated heterocycles. The maximum Gasteiger partial charge on any atom is 0.227 e. The average molecular weight is 274 g/mol. The highest BCUT2D eigenvalue weighted by atomic mass is 32.2. The van der Waals surface area contributed by atoms with Crippen molar-refractivity contribution in [1.29, 1.82) is 0 Å². The molecule has 106 valence electrons. The van der Waals surface area contributed by atoms with Gasteiger partial charge in [-0.25, -0.2) is 0 Å². The number of nitrogens with one attached hydrogen (secondary N) is 1. The molecule has 0 spiro atoms. The molecule has 0 aliphatic heterocycles. The Balaban J connectivity index is 2.41. The molecule has 1 aliphatic carbocycles. The van der Waals surface area contributed by atoms with Crippen molar-refractivity contribution in [3.63, 3.8) is 0 Å². The fourth-order valence-corrected chi connectivity index (χ4v) is 2.94. The van der Waals surface area contributed by atoms with E-state index in [4.69, 9.17) is 5.73 Å². The molecule has 1 aliphatic rings. The predicted octanol–water partition coefficient (Wildman–Crippen LogP) is 1.17. The van der Waals surface area contributed by atoms with E-state index in [1.807, 2.05) is 6.92 Å². The van der Waals surface area contributed by atoms with Gasteiger partial charge in [-0.3, -0.25) is 9.00 Å². The van der Waals surface area contributed by atoms with Crippen LogP contribution in [0.15, 0.2) is 0 Å². The van der Waals surface area contributed by atoms with E-state index in [1.165, 1.54) is 6.42 Å². The van der Waals surface area contributed by atoms with Crippen LogP contribution in [0.25, 0.3) is 0 Å². The van der Waals surface area contributed by atoms with Crippen molar-refractivity contribution in [3.8, 4) is 0 Å². The normalized spacial score (nSPS) is 22.2. The van der Waals surface area contributed by atoms with Crippen LogP contribution in [0.1, 0.15) is 45.4 Å². The fraction of sp³-hybridized carbons (Fsp3) is 0.923. The van der Waals surface area contributed by atoms with E-state index < -0.39 is 10.8 Å². The van der Waals surface area contributed by atoms with Crippen LogP contribution in [-0.4, -0.2) is 34.7 Å². The van der Waals surface area contributed by atoms with Gasteiger partial charge in [-0.15, -0.1) is 0 Å². The molecule has 1 rings (SSSR count). The third-order valence-electron chi connectivity index (χ3n) is 4.09. The van der Waals surface area contributed by atoms with Gasteiger partial charge in [-0.2, -0.15) is 0 Å². The number of nitrogens with two attached hydrogens (primary N) is 1. The van der Waals surface area contributed by atoms with Gasteiger partial charge in [0.05, 0.1) is 5.41 Å². The van der Waals surface area contributed by atoms with Crippen molar-refractivity contribution in [1.82, 2.24) is 5.32 Å². The lowest BCUT2D eigenvalue weighted by molar-refractivity contribution is -0.132. The first-order valence-corrected chi connectivity index (χ1v) is 8.44. The molecule has 0 aromatic rings. The van der Waals surface area contributed by atoms with E-state index in [-0.39, 0.29) is 16.6 Å². The Morgan fingerprint density at radius 1 is 1.39 bits per heavy atom. The van der Waals surface area contributed by atoms with Crippen LogP contribution >= 0.6 is 0 Å². The van der Waals surface area contributed by atoms with E-state index in [2.05, 4.69) is 5.32 Å². The van der Waals surface area contributed by atoms with Crippen molar-refractivity contribution in [2.45, 2.75) is 50.7 Å². The summed E-state index contributed by atoms with van der Waals surface area (Å²) in [5, 5.41) is 3.11. The van der Waals surface area contributed by atoms with Gasteiger partial charge in [0.2, 0.25) is 5.91 Å². The molecular formula is C13H26N2O2S. The summed E-state index contributed by atoms with van der Waals surface area (Å²) in [4.78, 5) is 12.2. The summed E-state index contributed by atoms with van der Waals surface area (Å²) in [7, 11) is -0.818. The number of hydrogen-bond donors (Lipinski definition) is 2. The van der Waals surface area contributed by atoms with Gasteiger partial charge < -0.3 is 11.1 Å². The minimum atomic E-state index is -0.818. The molecule has 1 amide bonds. The van der Waals surface area contributed by atoms with Crippen molar-refractivity contribution in [2.75, 3.05) is 19.3 Å². The number of carbonyl (C=O) groups is 1. The second-order valence-electron chi connectivity index (χ2n) is 5.40. The van der Waals surface area contributed by atoms with E-state index >= 15 is 0 Å². The molecule has 0 bridgehead atoms. The van der Waals surface area contributed by atoms with Crippen molar-refractivity contribution in [2.24, 2.45) is 11.1 Å².